The van der Waals surface area contributed by atoms with Crippen LogP contribution < -0.4 is 4.74 Å². The van der Waals surface area contributed by atoms with Crippen LogP contribution in [0.2, 0.25) is 5.02 Å². The van der Waals surface area contributed by atoms with Crippen molar-refractivity contribution in [1.82, 2.24) is 4.98 Å². The minimum atomic E-state index is -1.11. The Morgan fingerprint density at radius 2 is 2.22 bits per heavy atom. The first-order chi connectivity index (χ1) is 8.68. The van der Waals surface area contributed by atoms with Gasteiger partial charge in [-0.25, -0.2) is 4.79 Å². The largest absolute Gasteiger partial charge is 0.490 e. The summed E-state index contributed by atoms with van der Waals surface area (Å²) in [5.74, 6) is -0.365. The highest BCUT2D eigenvalue weighted by atomic mass is 35.5. The summed E-state index contributed by atoms with van der Waals surface area (Å²) in [7, 11) is 0. The van der Waals surface area contributed by atoms with Crippen molar-refractivity contribution < 1.29 is 19.4 Å². The molecule has 0 unspecified atom stereocenters. The van der Waals surface area contributed by atoms with E-state index in [-0.39, 0.29) is 10.6 Å². The molecule has 2 rings (SSSR count). The van der Waals surface area contributed by atoms with E-state index in [2.05, 4.69) is 4.98 Å². The van der Waals surface area contributed by atoms with E-state index in [9.17, 15) is 4.79 Å². The van der Waals surface area contributed by atoms with Crippen molar-refractivity contribution in [3.8, 4) is 5.75 Å². The molecule has 2 heterocycles. The number of hydrogen-bond donors (Lipinski definition) is 1. The highest BCUT2D eigenvalue weighted by molar-refractivity contribution is 6.34. The molecule has 98 valence electrons. The van der Waals surface area contributed by atoms with Gasteiger partial charge < -0.3 is 14.6 Å². The van der Waals surface area contributed by atoms with Gasteiger partial charge in [-0.1, -0.05) is 11.6 Å². The summed E-state index contributed by atoms with van der Waals surface area (Å²) in [5, 5.41) is 9.01. The molecule has 0 amide bonds. The number of halogens is 1. The molecule has 1 aliphatic rings. The van der Waals surface area contributed by atoms with E-state index in [1.54, 1.807) is 0 Å². The van der Waals surface area contributed by atoms with Crippen molar-refractivity contribution in [3.05, 3.63) is 23.0 Å². The van der Waals surface area contributed by atoms with Crippen LogP contribution in [0.4, 0.5) is 0 Å². The Balaban J connectivity index is 2.00. The monoisotopic (exact) mass is 271 g/mol. The maximum atomic E-state index is 10.9. The molecule has 1 N–H and O–H groups in total. The van der Waals surface area contributed by atoms with E-state index >= 15 is 0 Å². The van der Waals surface area contributed by atoms with E-state index in [1.807, 2.05) is 0 Å². The van der Waals surface area contributed by atoms with Crippen molar-refractivity contribution >= 4 is 17.6 Å². The van der Waals surface area contributed by atoms with Crippen molar-refractivity contribution in [2.75, 3.05) is 19.8 Å². The maximum Gasteiger partial charge on any atom is 0.338 e. The van der Waals surface area contributed by atoms with Gasteiger partial charge in [0.15, 0.2) is 5.75 Å². The lowest BCUT2D eigenvalue weighted by molar-refractivity contribution is 0.0497. The molecule has 6 heteroatoms. The molecule has 0 aromatic carbocycles. The molecular formula is C12H14ClNO4. The van der Waals surface area contributed by atoms with Crippen LogP contribution in [0.1, 0.15) is 23.2 Å². The number of carbonyl (C=O) groups is 1. The van der Waals surface area contributed by atoms with Gasteiger partial charge in [0.1, 0.15) is 10.6 Å². The Hall–Kier alpha value is -1.33. The van der Waals surface area contributed by atoms with Crippen LogP contribution in [-0.4, -0.2) is 35.9 Å². The van der Waals surface area contributed by atoms with Crippen LogP contribution >= 0.6 is 11.6 Å². The predicted molar refractivity (Wildman–Crippen MR) is 65.2 cm³/mol. The Morgan fingerprint density at radius 1 is 1.50 bits per heavy atom. The van der Waals surface area contributed by atoms with Crippen molar-refractivity contribution in [1.29, 1.82) is 0 Å². The Bertz CT molecular complexity index is 432. The number of carboxylic acid groups (broad SMARTS) is 1. The lowest BCUT2D eigenvalue weighted by atomic mass is 10.0. The van der Waals surface area contributed by atoms with Crippen LogP contribution in [0.25, 0.3) is 0 Å². The molecule has 0 saturated carbocycles. The molecule has 18 heavy (non-hydrogen) atoms. The summed E-state index contributed by atoms with van der Waals surface area (Å²) in [6, 6.07) is 0. The zero-order valence-corrected chi connectivity index (χ0v) is 10.5. The normalized spacial score (nSPS) is 16.5. The van der Waals surface area contributed by atoms with E-state index in [0.717, 1.165) is 26.1 Å². The van der Waals surface area contributed by atoms with Gasteiger partial charge >= 0.3 is 5.97 Å². The third-order valence-corrected chi connectivity index (χ3v) is 3.28. The lowest BCUT2D eigenvalue weighted by Gasteiger charge is -2.22. The van der Waals surface area contributed by atoms with Crippen LogP contribution in [0.3, 0.4) is 0 Å². The van der Waals surface area contributed by atoms with Gasteiger partial charge in [0.05, 0.1) is 12.8 Å². The molecular weight excluding hydrogens is 258 g/mol. The van der Waals surface area contributed by atoms with Gasteiger partial charge in [0.2, 0.25) is 0 Å². The van der Waals surface area contributed by atoms with Gasteiger partial charge in [0.25, 0.3) is 0 Å². The highest BCUT2D eigenvalue weighted by Crippen LogP contribution is 2.28. The summed E-state index contributed by atoms with van der Waals surface area (Å²) >= 11 is 5.95. The summed E-state index contributed by atoms with van der Waals surface area (Å²) in [4.78, 5) is 14.7. The zero-order chi connectivity index (χ0) is 13.0. The Kier molecular flexibility index (Phi) is 4.38. The van der Waals surface area contributed by atoms with E-state index in [0.29, 0.717) is 18.3 Å². The first kappa shape index (κ1) is 13.1. The summed E-state index contributed by atoms with van der Waals surface area (Å²) in [5.41, 5.74) is -0.0406. The van der Waals surface area contributed by atoms with Crippen molar-refractivity contribution in [3.63, 3.8) is 0 Å². The van der Waals surface area contributed by atoms with Crippen molar-refractivity contribution in [2.45, 2.75) is 12.8 Å². The minimum Gasteiger partial charge on any atom is -0.490 e. The number of carboxylic acids is 1. The summed E-state index contributed by atoms with van der Waals surface area (Å²) in [6.07, 6.45) is 4.55. The average Bonchev–Trinajstić information content (AvgIpc) is 2.38. The fourth-order valence-electron chi connectivity index (χ4n) is 1.80. The second-order valence-corrected chi connectivity index (χ2v) is 4.55. The van der Waals surface area contributed by atoms with E-state index in [4.69, 9.17) is 26.2 Å². The Morgan fingerprint density at radius 3 is 2.89 bits per heavy atom. The number of aromatic nitrogens is 1. The zero-order valence-electron chi connectivity index (χ0n) is 9.76. The molecule has 0 aliphatic carbocycles. The number of rotatable bonds is 4. The van der Waals surface area contributed by atoms with Gasteiger partial charge in [0, 0.05) is 19.4 Å². The summed E-state index contributed by atoms with van der Waals surface area (Å²) < 4.78 is 10.8. The molecule has 1 saturated heterocycles. The van der Waals surface area contributed by atoms with E-state index in [1.165, 1.54) is 12.4 Å². The predicted octanol–water partition coefficient (Wildman–Crippen LogP) is 2.24. The van der Waals surface area contributed by atoms with Crippen LogP contribution in [0.5, 0.6) is 5.75 Å². The van der Waals surface area contributed by atoms with Crippen LogP contribution in [0, 0.1) is 5.92 Å². The number of nitrogens with zero attached hydrogens (tertiary/aromatic N) is 1. The Labute approximate surface area is 110 Å². The third kappa shape index (κ3) is 3.11. The van der Waals surface area contributed by atoms with Crippen LogP contribution in [-0.2, 0) is 4.74 Å². The first-order valence-corrected chi connectivity index (χ1v) is 6.13. The fourth-order valence-corrected chi connectivity index (χ4v) is 2.03. The molecule has 5 nitrogen and oxygen atoms in total. The SMILES string of the molecule is O=C(O)c1cncc(OCC2CCOCC2)c1Cl. The van der Waals surface area contributed by atoms with Gasteiger partial charge in [-0.2, -0.15) is 0 Å². The second kappa shape index (κ2) is 6.02. The topological polar surface area (TPSA) is 68.7 Å². The molecule has 0 radical (unpaired) electrons. The van der Waals surface area contributed by atoms with Gasteiger partial charge in [-0.05, 0) is 18.8 Å². The van der Waals surface area contributed by atoms with Gasteiger partial charge in [-0.3, -0.25) is 4.98 Å². The average molecular weight is 272 g/mol. The summed E-state index contributed by atoms with van der Waals surface area (Å²) in [6.45, 7) is 2.00. The standard InChI is InChI=1S/C12H14ClNO4/c13-11-9(12(15)16)5-14-6-10(11)18-7-8-1-3-17-4-2-8/h5-6,8H,1-4,7H2,(H,15,16). The second-order valence-electron chi connectivity index (χ2n) is 4.17. The quantitative estimate of drug-likeness (QED) is 0.909. The third-order valence-electron chi connectivity index (χ3n) is 2.89. The van der Waals surface area contributed by atoms with Crippen molar-refractivity contribution in [2.24, 2.45) is 5.92 Å². The number of ether oxygens (including phenoxy) is 2. The molecule has 0 atom stereocenters. The maximum absolute atomic E-state index is 10.9. The van der Waals surface area contributed by atoms with E-state index < -0.39 is 5.97 Å². The van der Waals surface area contributed by atoms with Crippen LogP contribution in [0.15, 0.2) is 12.4 Å². The molecule has 1 aliphatic heterocycles. The molecule has 1 fully saturated rings. The first-order valence-electron chi connectivity index (χ1n) is 5.76. The molecule has 1 aromatic rings. The number of pyridine rings is 1. The minimum absolute atomic E-state index is 0.0406. The fraction of sp³-hybridized carbons (Fsp3) is 0.500. The lowest BCUT2D eigenvalue weighted by Crippen LogP contribution is -2.21. The number of aromatic carboxylic acids is 1. The number of hydrogen-bond acceptors (Lipinski definition) is 4. The smallest absolute Gasteiger partial charge is 0.338 e. The molecule has 0 spiro atoms. The molecule has 1 aromatic heterocycles. The highest BCUT2D eigenvalue weighted by Gasteiger charge is 2.17. The van der Waals surface area contributed by atoms with Gasteiger partial charge in [-0.15, -0.1) is 0 Å². The molecule has 0 bridgehead atoms.